The molecule has 1 aliphatic rings. The third-order valence-corrected chi connectivity index (χ3v) is 3.21. The van der Waals surface area contributed by atoms with Crippen LogP contribution in [0, 0.1) is 0 Å². The van der Waals surface area contributed by atoms with Crippen LogP contribution in [0.15, 0.2) is 17.4 Å². The zero-order chi connectivity index (χ0) is 14.0. The molecule has 1 aromatic heterocycles. The fraction of sp³-hybridized carbons (Fsp3) is 0.455. The molecule has 0 bridgehead atoms. The summed E-state index contributed by atoms with van der Waals surface area (Å²) >= 11 is 5.86. The second-order valence-corrected chi connectivity index (χ2v) is 4.59. The Morgan fingerprint density at radius 1 is 1.32 bits per heavy atom. The molecule has 1 fully saturated rings. The number of hydrogen-bond donors (Lipinski definition) is 1. The lowest BCUT2D eigenvalue weighted by molar-refractivity contribution is -0.137. The number of pyridine rings is 1. The Kier molecular flexibility index (Phi) is 3.84. The van der Waals surface area contributed by atoms with Crippen molar-refractivity contribution in [1.29, 1.82) is 0 Å². The SMILES string of the molecule is ON=C1CCN(c2ncc(C(F)(F)F)cc2Cl)CC1. The van der Waals surface area contributed by atoms with Crippen LogP contribution >= 0.6 is 11.6 Å². The predicted octanol–water partition coefficient (Wildman–Crippen LogP) is 3.18. The number of hydrogen-bond acceptors (Lipinski definition) is 4. The van der Waals surface area contributed by atoms with Crippen molar-refractivity contribution < 1.29 is 18.4 Å². The van der Waals surface area contributed by atoms with Crippen LogP contribution < -0.4 is 4.90 Å². The molecule has 0 aromatic carbocycles. The van der Waals surface area contributed by atoms with Gasteiger partial charge in [0.05, 0.1) is 16.3 Å². The zero-order valence-electron chi connectivity index (χ0n) is 9.78. The second kappa shape index (κ2) is 5.24. The number of oxime groups is 1. The van der Waals surface area contributed by atoms with Gasteiger partial charge < -0.3 is 10.1 Å². The van der Waals surface area contributed by atoms with Crippen LogP contribution in [0.1, 0.15) is 18.4 Å². The Morgan fingerprint density at radius 3 is 2.42 bits per heavy atom. The number of rotatable bonds is 1. The Morgan fingerprint density at radius 2 is 1.95 bits per heavy atom. The molecule has 0 unspecified atom stereocenters. The molecule has 1 aromatic rings. The second-order valence-electron chi connectivity index (χ2n) is 4.18. The minimum absolute atomic E-state index is 0.0285. The van der Waals surface area contributed by atoms with Crippen LogP contribution in [0.25, 0.3) is 0 Å². The Balaban J connectivity index is 2.18. The summed E-state index contributed by atoms with van der Waals surface area (Å²) in [7, 11) is 0. The summed E-state index contributed by atoms with van der Waals surface area (Å²) in [4.78, 5) is 5.57. The summed E-state index contributed by atoms with van der Waals surface area (Å²) in [6, 6.07) is 0.875. The highest BCUT2D eigenvalue weighted by Crippen LogP contribution is 2.34. The van der Waals surface area contributed by atoms with E-state index in [9.17, 15) is 13.2 Å². The first kappa shape index (κ1) is 13.9. The van der Waals surface area contributed by atoms with Crippen LogP contribution in [0.4, 0.5) is 19.0 Å². The topological polar surface area (TPSA) is 48.7 Å². The molecule has 19 heavy (non-hydrogen) atoms. The first-order valence-corrected chi connectivity index (χ1v) is 5.97. The van der Waals surface area contributed by atoms with Crippen molar-refractivity contribution in [2.45, 2.75) is 19.0 Å². The van der Waals surface area contributed by atoms with Gasteiger partial charge in [0.2, 0.25) is 0 Å². The number of nitrogens with zero attached hydrogens (tertiary/aromatic N) is 3. The molecule has 1 aliphatic heterocycles. The van der Waals surface area contributed by atoms with E-state index in [1.165, 1.54) is 0 Å². The summed E-state index contributed by atoms with van der Waals surface area (Å²) in [5, 5.41) is 11.7. The van der Waals surface area contributed by atoms with Crippen molar-refractivity contribution in [2.75, 3.05) is 18.0 Å². The molecule has 2 rings (SSSR count). The molecule has 1 saturated heterocycles. The van der Waals surface area contributed by atoms with E-state index in [1.54, 1.807) is 4.90 Å². The third kappa shape index (κ3) is 3.09. The number of halogens is 4. The summed E-state index contributed by atoms with van der Waals surface area (Å²) < 4.78 is 37.4. The molecule has 104 valence electrons. The van der Waals surface area contributed by atoms with E-state index in [1.807, 2.05) is 0 Å². The quantitative estimate of drug-likeness (QED) is 0.639. The maximum absolute atomic E-state index is 12.5. The van der Waals surface area contributed by atoms with Crippen molar-refractivity contribution >= 4 is 23.1 Å². The highest BCUT2D eigenvalue weighted by molar-refractivity contribution is 6.33. The van der Waals surface area contributed by atoms with Crippen molar-refractivity contribution in [3.05, 3.63) is 22.8 Å². The van der Waals surface area contributed by atoms with Gasteiger partial charge in [0.25, 0.3) is 0 Å². The van der Waals surface area contributed by atoms with E-state index in [4.69, 9.17) is 16.8 Å². The Labute approximate surface area is 112 Å². The molecule has 0 spiro atoms. The van der Waals surface area contributed by atoms with Crippen LogP contribution in [0.3, 0.4) is 0 Å². The molecular weight excluding hydrogens is 283 g/mol. The van der Waals surface area contributed by atoms with E-state index in [0.29, 0.717) is 37.5 Å². The predicted molar refractivity (Wildman–Crippen MR) is 64.9 cm³/mol. The van der Waals surface area contributed by atoms with Gasteiger partial charge in [-0.3, -0.25) is 0 Å². The first-order valence-electron chi connectivity index (χ1n) is 5.59. The molecule has 0 saturated carbocycles. The molecule has 0 aliphatic carbocycles. The Hall–Kier alpha value is -1.50. The lowest BCUT2D eigenvalue weighted by Crippen LogP contribution is -2.34. The molecule has 8 heteroatoms. The Bertz CT molecular complexity index is 494. The van der Waals surface area contributed by atoms with Gasteiger partial charge in [-0.25, -0.2) is 4.98 Å². The molecule has 1 N–H and O–H groups in total. The van der Waals surface area contributed by atoms with Gasteiger partial charge in [-0.2, -0.15) is 13.2 Å². The third-order valence-electron chi connectivity index (χ3n) is 2.93. The standard InChI is InChI=1S/C11H11ClF3N3O/c12-9-5-7(11(13,14)15)6-16-10(9)18-3-1-8(17-19)2-4-18/h5-6,19H,1-4H2. The zero-order valence-corrected chi connectivity index (χ0v) is 10.5. The smallest absolute Gasteiger partial charge is 0.411 e. The maximum Gasteiger partial charge on any atom is 0.417 e. The average Bonchev–Trinajstić information content (AvgIpc) is 2.38. The fourth-order valence-electron chi connectivity index (χ4n) is 1.90. The van der Waals surface area contributed by atoms with E-state index in [-0.39, 0.29) is 5.02 Å². The number of aromatic nitrogens is 1. The van der Waals surface area contributed by atoms with Crippen LogP contribution in [0.5, 0.6) is 0 Å². The van der Waals surface area contributed by atoms with Gasteiger partial charge in [-0.15, -0.1) is 0 Å². The number of anilines is 1. The summed E-state index contributed by atoms with van der Waals surface area (Å²) in [6.07, 6.45) is -2.60. The highest BCUT2D eigenvalue weighted by Gasteiger charge is 2.32. The van der Waals surface area contributed by atoms with Crippen LogP contribution in [-0.4, -0.2) is 29.0 Å². The molecule has 0 radical (unpaired) electrons. The molecule has 2 heterocycles. The number of piperidine rings is 1. The van der Waals surface area contributed by atoms with Gasteiger partial charge >= 0.3 is 6.18 Å². The number of alkyl halides is 3. The molecule has 0 amide bonds. The minimum atomic E-state index is -4.45. The van der Waals surface area contributed by atoms with Gasteiger partial charge in [0.15, 0.2) is 0 Å². The lowest BCUT2D eigenvalue weighted by Gasteiger charge is -2.29. The molecular formula is C11H11ClF3N3O. The van der Waals surface area contributed by atoms with Crippen LogP contribution in [-0.2, 0) is 6.18 Å². The van der Waals surface area contributed by atoms with Gasteiger partial charge in [0, 0.05) is 32.1 Å². The van der Waals surface area contributed by atoms with E-state index >= 15 is 0 Å². The van der Waals surface area contributed by atoms with E-state index in [2.05, 4.69) is 10.1 Å². The van der Waals surface area contributed by atoms with E-state index < -0.39 is 11.7 Å². The molecule has 0 atom stereocenters. The van der Waals surface area contributed by atoms with Gasteiger partial charge in [-0.05, 0) is 6.07 Å². The monoisotopic (exact) mass is 293 g/mol. The first-order chi connectivity index (χ1) is 8.91. The fourth-order valence-corrected chi connectivity index (χ4v) is 2.18. The highest BCUT2D eigenvalue weighted by atomic mass is 35.5. The summed E-state index contributed by atoms with van der Waals surface area (Å²) in [5.74, 6) is 0.326. The van der Waals surface area contributed by atoms with Crippen molar-refractivity contribution in [3.63, 3.8) is 0 Å². The lowest BCUT2D eigenvalue weighted by atomic mass is 10.1. The normalized spacial score (nSPS) is 16.6. The van der Waals surface area contributed by atoms with Gasteiger partial charge in [0.1, 0.15) is 5.82 Å². The van der Waals surface area contributed by atoms with Crippen molar-refractivity contribution in [1.82, 2.24) is 4.98 Å². The van der Waals surface area contributed by atoms with Gasteiger partial charge in [-0.1, -0.05) is 16.8 Å². The van der Waals surface area contributed by atoms with Crippen molar-refractivity contribution in [2.24, 2.45) is 5.16 Å². The average molecular weight is 294 g/mol. The van der Waals surface area contributed by atoms with E-state index in [0.717, 1.165) is 12.3 Å². The van der Waals surface area contributed by atoms with Crippen LogP contribution in [0.2, 0.25) is 5.02 Å². The summed E-state index contributed by atoms with van der Waals surface area (Å²) in [5.41, 5.74) is -0.199. The summed E-state index contributed by atoms with van der Waals surface area (Å²) in [6.45, 7) is 1.02. The minimum Gasteiger partial charge on any atom is -0.411 e. The van der Waals surface area contributed by atoms with Crippen molar-refractivity contribution in [3.8, 4) is 0 Å². The molecule has 4 nitrogen and oxygen atoms in total. The largest absolute Gasteiger partial charge is 0.417 e. The maximum atomic E-state index is 12.5.